The highest BCUT2D eigenvalue weighted by Crippen LogP contribution is 2.35. The zero-order valence-electron chi connectivity index (χ0n) is 16.7. The maximum Gasteiger partial charge on any atom is 0.256 e. The van der Waals surface area contributed by atoms with Crippen molar-refractivity contribution in [2.45, 2.75) is 30.2 Å². The van der Waals surface area contributed by atoms with Crippen molar-refractivity contribution in [2.75, 3.05) is 11.9 Å². The molecule has 1 aromatic heterocycles. The molecule has 6 nitrogen and oxygen atoms in total. The maximum absolute atomic E-state index is 13.4. The first-order valence-electron chi connectivity index (χ1n) is 10.0. The van der Waals surface area contributed by atoms with Gasteiger partial charge in [-0.1, -0.05) is 24.6 Å². The lowest BCUT2D eigenvalue weighted by molar-refractivity contribution is 0.102. The van der Waals surface area contributed by atoms with Crippen molar-refractivity contribution in [1.82, 2.24) is 9.29 Å². The molecule has 4 rings (SSSR count). The SMILES string of the molecule is O=C(Nc1ccc(S(=O)(=O)N2CCCC[C@H]2c2cccnc2)cc1)c1ccccc1Br. The molecule has 0 aliphatic carbocycles. The van der Waals surface area contributed by atoms with Crippen LogP contribution in [-0.2, 0) is 10.0 Å². The molecular formula is C23H22BrN3O3S. The van der Waals surface area contributed by atoms with Gasteiger partial charge in [0.25, 0.3) is 5.91 Å². The number of halogens is 1. The second kappa shape index (κ2) is 9.30. The van der Waals surface area contributed by atoms with E-state index in [0.29, 0.717) is 22.3 Å². The Labute approximate surface area is 190 Å². The zero-order valence-corrected chi connectivity index (χ0v) is 19.1. The number of nitrogens with one attached hydrogen (secondary N) is 1. The van der Waals surface area contributed by atoms with Crippen molar-refractivity contribution >= 4 is 37.5 Å². The highest BCUT2D eigenvalue weighted by atomic mass is 79.9. The monoisotopic (exact) mass is 499 g/mol. The number of piperidine rings is 1. The number of aromatic nitrogens is 1. The molecule has 160 valence electrons. The minimum atomic E-state index is -3.68. The number of nitrogens with zero attached hydrogens (tertiary/aromatic N) is 2. The van der Waals surface area contributed by atoms with Gasteiger partial charge in [-0.25, -0.2) is 8.42 Å². The molecular weight excluding hydrogens is 478 g/mol. The Hall–Kier alpha value is -2.55. The Morgan fingerprint density at radius 2 is 1.81 bits per heavy atom. The van der Waals surface area contributed by atoms with Gasteiger partial charge in [-0.2, -0.15) is 4.31 Å². The van der Waals surface area contributed by atoms with Gasteiger partial charge in [-0.3, -0.25) is 9.78 Å². The van der Waals surface area contributed by atoms with Crippen LogP contribution >= 0.6 is 15.9 Å². The van der Waals surface area contributed by atoms with E-state index in [1.807, 2.05) is 18.2 Å². The zero-order chi connectivity index (χ0) is 21.8. The van der Waals surface area contributed by atoms with E-state index < -0.39 is 10.0 Å². The summed E-state index contributed by atoms with van der Waals surface area (Å²) in [5.41, 5.74) is 1.94. The molecule has 1 aliphatic heterocycles. The lowest BCUT2D eigenvalue weighted by Gasteiger charge is -2.34. The first-order valence-corrected chi connectivity index (χ1v) is 12.3. The van der Waals surface area contributed by atoms with E-state index in [0.717, 1.165) is 24.8 Å². The van der Waals surface area contributed by atoms with E-state index in [2.05, 4.69) is 26.2 Å². The first-order chi connectivity index (χ1) is 15.0. The Balaban J connectivity index is 1.55. The van der Waals surface area contributed by atoms with Crippen LogP contribution in [0.1, 0.15) is 41.2 Å². The average molecular weight is 500 g/mol. The Kier molecular flexibility index (Phi) is 6.50. The van der Waals surface area contributed by atoms with Crippen LogP contribution in [-0.4, -0.2) is 30.2 Å². The van der Waals surface area contributed by atoms with Crippen LogP contribution in [0.4, 0.5) is 5.69 Å². The molecule has 1 aliphatic rings. The molecule has 0 bridgehead atoms. The van der Waals surface area contributed by atoms with Crippen molar-refractivity contribution in [2.24, 2.45) is 0 Å². The molecule has 31 heavy (non-hydrogen) atoms. The molecule has 1 N–H and O–H groups in total. The highest BCUT2D eigenvalue weighted by Gasteiger charge is 2.34. The quantitative estimate of drug-likeness (QED) is 0.534. The van der Waals surface area contributed by atoms with Gasteiger partial charge in [0.1, 0.15) is 0 Å². The van der Waals surface area contributed by atoms with Crippen LogP contribution in [0.2, 0.25) is 0 Å². The first kappa shape index (κ1) is 21.7. The van der Waals surface area contributed by atoms with Crippen molar-refractivity contribution in [3.8, 4) is 0 Å². The van der Waals surface area contributed by atoms with Crippen molar-refractivity contribution in [3.63, 3.8) is 0 Å². The van der Waals surface area contributed by atoms with Gasteiger partial charge in [-0.15, -0.1) is 0 Å². The molecule has 8 heteroatoms. The van der Waals surface area contributed by atoms with Gasteiger partial charge in [-0.05, 0) is 76.8 Å². The number of pyridine rings is 1. The minimum Gasteiger partial charge on any atom is -0.322 e. The Morgan fingerprint density at radius 1 is 1.03 bits per heavy atom. The van der Waals surface area contributed by atoms with Crippen LogP contribution in [0.5, 0.6) is 0 Å². The Morgan fingerprint density at radius 3 is 2.52 bits per heavy atom. The number of hydrogen-bond acceptors (Lipinski definition) is 4. The fourth-order valence-corrected chi connectivity index (χ4v) is 5.94. The molecule has 1 amide bonds. The molecule has 0 saturated carbocycles. The second-order valence-corrected chi connectivity index (χ2v) is 10.1. The van der Waals surface area contributed by atoms with Crippen LogP contribution in [0.25, 0.3) is 0 Å². The van der Waals surface area contributed by atoms with Gasteiger partial charge >= 0.3 is 0 Å². The van der Waals surface area contributed by atoms with Crippen molar-refractivity contribution < 1.29 is 13.2 Å². The third kappa shape index (κ3) is 4.71. The largest absolute Gasteiger partial charge is 0.322 e. The predicted molar refractivity (Wildman–Crippen MR) is 123 cm³/mol. The summed E-state index contributed by atoms with van der Waals surface area (Å²) in [6.07, 6.45) is 6.00. The molecule has 0 unspecified atom stereocenters. The third-order valence-corrected chi connectivity index (χ3v) is 7.97. The van der Waals surface area contributed by atoms with Crippen LogP contribution in [0.15, 0.2) is 82.4 Å². The number of hydrogen-bond donors (Lipinski definition) is 1. The van der Waals surface area contributed by atoms with Crippen molar-refractivity contribution in [3.05, 3.63) is 88.7 Å². The normalized spacial score (nSPS) is 17.3. The standard InChI is InChI=1S/C23H22BrN3O3S/c24-21-8-2-1-7-20(21)23(28)26-18-10-12-19(13-11-18)31(29,30)27-15-4-3-9-22(27)17-6-5-14-25-16-17/h1-2,5-8,10-14,16,22H,3-4,9,15H2,(H,26,28)/t22-/m0/s1. The summed E-state index contributed by atoms with van der Waals surface area (Å²) in [7, 11) is -3.68. The Bertz CT molecular complexity index is 1170. The number of sulfonamides is 1. The molecule has 0 spiro atoms. The highest BCUT2D eigenvalue weighted by molar-refractivity contribution is 9.10. The summed E-state index contributed by atoms with van der Waals surface area (Å²) in [6.45, 7) is 0.475. The number of carbonyl (C=O) groups is 1. The fourth-order valence-electron chi connectivity index (χ4n) is 3.79. The number of benzene rings is 2. The summed E-state index contributed by atoms with van der Waals surface area (Å²) in [5.74, 6) is -0.268. The molecule has 1 atom stereocenters. The van der Waals surface area contributed by atoms with E-state index in [1.165, 1.54) is 0 Å². The van der Waals surface area contributed by atoms with Crippen LogP contribution in [0, 0.1) is 0 Å². The second-order valence-electron chi connectivity index (χ2n) is 7.37. The third-order valence-electron chi connectivity index (χ3n) is 5.36. The van der Waals surface area contributed by atoms with E-state index >= 15 is 0 Å². The van der Waals surface area contributed by atoms with E-state index in [9.17, 15) is 13.2 Å². The molecule has 2 aromatic carbocycles. The van der Waals surface area contributed by atoms with Crippen LogP contribution in [0.3, 0.4) is 0 Å². The lowest BCUT2D eigenvalue weighted by Crippen LogP contribution is -2.38. The molecule has 2 heterocycles. The molecule has 1 fully saturated rings. The molecule has 1 saturated heterocycles. The molecule has 3 aromatic rings. The molecule has 0 radical (unpaired) electrons. The van der Waals surface area contributed by atoms with Gasteiger partial charge in [0, 0.05) is 29.1 Å². The van der Waals surface area contributed by atoms with Gasteiger partial charge in [0.2, 0.25) is 10.0 Å². The van der Waals surface area contributed by atoms with E-state index in [4.69, 9.17) is 0 Å². The summed E-state index contributed by atoms with van der Waals surface area (Å²) < 4.78 is 29.0. The van der Waals surface area contributed by atoms with Gasteiger partial charge in [0.15, 0.2) is 0 Å². The summed E-state index contributed by atoms with van der Waals surface area (Å²) >= 11 is 3.37. The summed E-state index contributed by atoms with van der Waals surface area (Å²) in [6, 6.07) is 17.0. The summed E-state index contributed by atoms with van der Waals surface area (Å²) in [4.78, 5) is 16.9. The van der Waals surface area contributed by atoms with Gasteiger partial charge in [0.05, 0.1) is 16.5 Å². The number of amides is 1. The fraction of sp³-hybridized carbons (Fsp3) is 0.217. The number of carbonyl (C=O) groups excluding carboxylic acids is 1. The summed E-state index contributed by atoms with van der Waals surface area (Å²) in [5, 5.41) is 2.81. The predicted octanol–water partition coefficient (Wildman–Crippen LogP) is 5.01. The number of rotatable bonds is 5. The smallest absolute Gasteiger partial charge is 0.256 e. The maximum atomic E-state index is 13.4. The van der Waals surface area contributed by atoms with E-state index in [-0.39, 0.29) is 16.8 Å². The lowest BCUT2D eigenvalue weighted by atomic mass is 9.99. The average Bonchev–Trinajstić information content (AvgIpc) is 2.80. The van der Waals surface area contributed by atoms with Crippen molar-refractivity contribution in [1.29, 1.82) is 0 Å². The minimum absolute atomic E-state index is 0.210. The topological polar surface area (TPSA) is 79.4 Å². The van der Waals surface area contributed by atoms with E-state index in [1.54, 1.807) is 59.2 Å². The van der Waals surface area contributed by atoms with Crippen LogP contribution < -0.4 is 5.32 Å². The number of anilines is 1. The van der Waals surface area contributed by atoms with Gasteiger partial charge < -0.3 is 5.32 Å².